The van der Waals surface area contributed by atoms with Gasteiger partial charge in [0, 0.05) is 5.02 Å². The van der Waals surface area contributed by atoms with E-state index in [1.807, 2.05) is 25.1 Å². The molecule has 0 bridgehead atoms. The third-order valence-corrected chi connectivity index (χ3v) is 3.63. The Hall–Kier alpha value is -1.51. The van der Waals surface area contributed by atoms with Crippen molar-refractivity contribution in [3.8, 4) is 5.75 Å². The van der Waals surface area contributed by atoms with Gasteiger partial charge in [0.2, 0.25) is 0 Å². The minimum Gasteiger partial charge on any atom is -0.491 e. The zero-order chi connectivity index (χ0) is 14.7. The third kappa shape index (κ3) is 3.53. The standard InChI is InChI=1S/C17H20ClNO/c1-11-4-7-15(13(3)8-11)16(19)10-20-17-9-14(18)6-5-12(17)2/h4-9,16H,10,19H2,1-3H3. The van der Waals surface area contributed by atoms with E-state index in [1.54, 1.807) is 0 Å². The molecule has 2 aromatic rings. The van der Waals surface area contributed by atoms with Gasteiger partial charge in [0.25, 0.3) is 0 Å². The molecule has 0 fully saturated rings. The molecule has 106 valence electrons. The molecule has 0 radical (unpaired) electrons. The van der Waals surface area contributed by atoms with E-state index in [9.17, 15) is 0 Å². The van der Waals surface area contributed by atoms with E-state index in [4.69, 9.17) is 22.1 Å². The van der Waals surface area contributed by atoms with Gasteiger partial charge in [-0.2, -0.15) is 0 Å². The van der Waals surface area contributed by atoms with E-state index in [0.29, 0.717) is 11.6 Å². The van der Waals surface area contributed by atoms with Crippen LogP contribution >= 0.6 is 11.6 Å². The Bertz CT molecular complexity index is 610. The van der Waals surface area contributed by atoms with Crippen LogP contribution < -0.4 is 10.5 Å². The Morgan fingerprint density at radius 2 is 1.80 bits per heavy atom. The van der Waals surface area contributed by atoms with Gasteiger partial charge in [-0.05, 0) is 49.6 Å². The lowest BCUT2D eigenvalue weighted by Crippen LogP contribution is -2.20. The fraction of sp³-hybridized carbons (Fsp3) is 0.294. The smallest absolute Gasteiger partial charge is 0.123 e. The summed E-state index contributed by atoms with van der Waals surface area (Å²) in [5.41, 5.74) is 10.8. The molecule has 3 heteroatoms. The van der Waals surface area contributed by atoms with Crippen molar-refractivity contribution < 1.29 is 4.74 Å². The first-order chi connectivity index (χ1) is 9.47. The summed E-state index contributed by atoms with van der Waals surface area (Å²) >= 11 is 5.98. The fourth-order valence-electron chi connectivity index (χ4n) is 2.24. The summed E-state index contributed by atoms with van der Waals surface area (Å²) in [5.74, 6) is 0.790. The second-order valence-electron chi connectivity index (χ2n) is 5.19. The second-order valence-corrected chi connectivity index (χ2v) is 5.62. The van der Waals surface area contributed by atoms with Gasteiger partial charge in [-0.1, -0.05) is 41.4 Å². The van der Waals surface area contributed by atoms with Crippen LogP contribution in [0.15, 0.2) is 36.4 Å². The first-order valence-corrected chi connectivity index (χ1v) is 7.07. The highest BCUT2D eigenvalue weighted by molar-refractivity contribution is 6.30. The average molecular weight is 290 g/mol. The molecule has 20 heavy (non-hydrogen) atoms. The molecule has 0 saturated carbocycles. The van der Waals surface area contributed by atoms with Gasteiger partial charge in [-0.25, -0.2) is 0 Å². The Kier molecular flexibility index (Phi) is 4.69. The van der Waals surface area contributed by atoms with Crippen LogP contribution in [0, 0.1) is 20.8 Å². The summed E-state index contributed by atoms with van der Waals surface area (Å²) in [6, 6.07) is 11.8. The number of aryl methyl sites for hydroxylation is 3. The Balaban J connectivity index is 2.08. The van der Waals surface area contributed by atoms with Gasteiger partial charge in [-0.3, -0.25) is 0 Å². The van der Waals surface area contributed by atoms with Crippen LogP contribution in [0.25, 0.3) is 0 Å². The minimum absolute atomic E-state index is 0.144. The van der Waals surface area contributed by atoms with E-state index in [2.05, 4.69) is 32.0 Å². The lowest BCUT2D eigenvalue weighted by molar-refractivity contribution is 0.288. The highest BCUT2D eigenvalue weighted by Gasteiger charge is 2.11. The number of halogens is 1. The van der Waals surface area contributed by atoms with Crippen LogP contribution in [0.1, 0.15) is 28.3 Å². The van der Waals surface area contributed by atoms with Crippen LogP contribution in [0.3, 0.4) is 0 Å². The highest BCUT2D eigenvalue weighted by atomic mass is 35.5. The molecule has 0 aliphatic carbocycles. The minimum atomic E-state index is -0.144. The van der Waals surface area contributed by atoms with E-state index >= 15 is 0 Å². The zero-order valence-electron chi connectivity index (χ0n) is 12.1. The molecule has 0 aromatic heterocycles. The molecule has 0 saturated heterocycles. The summed E-state index contributed by atoms with van der Waals surface area (Å²) in [7, 11) is 0. The molecule has 0 heterocycles. The lowest BCUT2D eigenvalue weighted by atomic mass is 10.0. The first-order valence-electron chi connectivity index (χ1n) is 6.69. The van der Waals surface area contributed by atoms with Gasteiger partial charge in [0.15, 0.2) is 0 Å². The monoisotopic (exact) mass is 289 g/mol. The maximum absolute atomic E-state index is 6.22. The summed E-state index contributed by atoms with van der Waals surface area (Å²) in [6.45, 7) is 6.58. The summed E-state index contributed by atoms with van der Waals surface area (Å²) < 4.78 is 5.81. The van der Waals surface area contributed by atoms with Crippen LogP contribution in [0.4, 0.5) is 0 Å². The molecule has 0 aliphatic rings. The number of benzene rings is 2. The number of nitrogens with two attached hydrogens (primary N) is 1. The number of rotatable bonds is 4. The van der Waals surface area contributed by atoms with Gasteiger partial charge in [0.1, 0.15) is 12.4 Å². The van der Waals surface area contributed by atoms with Gasteiger partial charge in [-0.15, -0.1) is 0 Å². The summed E-state index contributed by atoms with van der Waals surface area (Å²) in [4.78, 5) is 0. The molecule has 1 atom stereocenters. The quantitative estimate of drug-likeness (QED) is 0.908. The second kappa shape index (κ2) is 6.29. The maximum Gasteiger partial charge on any atom is 0.123 e. The highest BCUT2D eigenvalue weighted by Crippen LogP contribution is 2.24. The average Bonchev–Trinajstić information content (AvgIpc) is 2.39. The molecular formula is C17H20ClNO. The SMILES string of the molecule is Cc1ccc(C(N)COc2cc(Cl)ccc2C)c(C)c1. The predicted octanol–water partition coefficient (Wildman–Crippen LogP) is 4.34. The van der Waals surface area contributed by atoms with Crippen molar-refractivity contribution in [2.24, 2.45) is 5.73 Å². The van der Waals surface area contributed by atoms with Gasteiger partial charge in [0.05, 0.1) is 6.04 Å². The van der Waals surface area contributed by atoms with Crippen molar-refractivity contribution in [1.29, 1.82) is 0 Å². The first kappa shape index (κ1) is 14.9. The van der Waals surface area contributed by atoms with Gasteiger partial charge >= 0.3 is 0 Å². The molecule has 1 unspecified atom stereocenters. The van der Waals surface area contributed by atoms with Crippen LogP contribution in [-0.2, 0) is 0 Å². The summed E-state index contributed by atoms with van der Waals surface area (Å²) in [5, 5.41) is 0.672. The van der Waals surface area contributed by atoms with Crippen molar-refractivity contribution in [3.05, 3.63) is 63.7 Å². The van der Waals surface area contributed by atoms with E-state index in [0.717, 1.165) is 16.9 Å². The third-order valence-electron chi connectivity index (χ3n) is 3.39. The van der Waals surface area contributed by atoms with E-state index < -0.39 is 0 Å². The Morgan fingerprint density at radius 3 is 2.50 bits per heavy atom. The largest absolute Gasteiger partial charge is 0.491 e. The van der Waals surface area contributed by atoms with Crippen molar-refractivity contribution in [1.82, 2.24) is 0 Å². The van der Waals surface area contributed by atoms with Crippen molar-refractivity contribution in [2.75, 3.05) is 6.61 Å². The molecule has 2 aromatic carbocycles. The lowest BCUT2D eigenvalue weighted by Gasteiger charge is -2.17. The van der Waals surface area contributed by atoms with E-state index in [1.165, 1.54) is 11.1 Å². The molecule has 2 N–H and O–H groups in total. The zero-order valence-corrected chi connectivity index (χ0v) is 12.9. The molecular weight excluding hydrogens is 270 g/mol. The summed E-state index contributed by atoms with van der Waals surface area (Å²) in [6.07, 6.45) is 0. The van der Waals surface area contributed by atoms with Crippen LogP contribution in [0.5, 0.6) is 5.75 Å². The molecule has 0 aliphatic heterocycles. The van der Waals surface area contributed by atoms with Crippen molar-refractivity contribution in [3.63, 3.8) is 0 Å². The van der Waals surface area contributed by atoms with Crippen molar-refractivity contribution in [2.45, 2.75) is 26.8 Å². The topological polar surface area (TPSA) is 35.2 Å². The van der Waals surface area contributed by atoms with Crippen molar-refractivity contribution >= 4 is 11.6 Å². The van der Waals surface area contributed by atoms with Crippen LogP contribution in [-0.4, -0.2) is 6.61 Å². The van der Waals surface area contributed by atoms with Crippen LogP contribution in [0.2, 0.25) is 5.02 Å². The fourth-order valence-corrected chi connectivity index (χ4v) is 2.40. The molecule has 0 spiro atoms. The number of ether oxygens (including phenoxy) is 1. The molecule has 0 amide bonds. The maximum atomic E-state index is 6.22. The number of hydrogen-bond donors (Lipinski definition) is 1. The number of hydrogen-bond acceptors (Lipinski definition) is 2. The Labute approximate surface area is 125 Å². The Morgan fingerprint density at radius 1 is 1.05 bits per heavy atom. The molecule has 2 rings (SSSR count). The normalized spacial score (nSPS) is 12.2. The van der Waals surface area contributed by atoms with E-state index in [-0.39, 0.29) is 6.04 Å². The predicted molar refractivity (Wildman–Crippen MR) is 84.5 cm³/mol. The van der Waals surface area contributed by atoms with Gasteiger partial charge < -0.3 is 10.5 Å². The molecule has 2 nitrogen and oxygen atoms in total.